The third kappa shape index (κ3) is 20.1. The highest BCUT2D eigenvalue weighted by atomic mass is 31.2. The number of nitriles is 1. The molecule has 4 atom stereocenters. The van der Waals surface area contributed by atoms with E-state index in [1.165, 1.54) is 59.6 Å². The molecule has 1 fully saturated rings. The second-order valence-corrected chi connectivity index (χ2v) is 22.8. The molecule has 0 N–H and O–H groups in total. The van der Waals surface area contributed by atoms with Crippen molar-refractivity contribution in [3.63, 3.8) is 0 Å². The first-order chi connectivity index (χ1) is 42.9. The van der Waals surface area contributed by atoms with Crippen LogP contribution in [0.15, 0.2) is 113 Å². The SMILES string of the molecule is COC(=O)CN(CC(=O)OC)Cc1cc(C#CCCCCCn2c(=O)ccn([C@H]3C[C@@H](OP(OCCC#N)N(C(C)C)C(C)C)[C@@H](COC(c4ccccc4)(c4ccc(OC)cc4)c4ccc(OC)cc4)O3)c2=O)cc(CN(CC(=O)OC)CC(=O)OC)n1. The van der Waals surface area contributed by atoms with Gasteiger partial charge in [-0.25, -0.2) is 9.46 Å². The predicted molar refractivity (Wildman–Crippen MR) is 330 cm³/mol. The largest absolute Gasteiger partial charge is 0.497 e. The number of ether oxygens (including phenoxy) is 8. The summed E-state index contributed by atoms with van der Waals surface area (Å²) in [5, 5.41) is 9.53. The first-order valence-corrected chi connectivity index (χ1v) is 30.4. The highest BCUT2D eigenvalue weighted by molar-refractivity contribution is 7.44. The standard InChI is InChI=1S/C65H82N7O16P/c1-46(2)72(47(3)4)89(86-35-19-32-66)88-56-38-59(87-57(56)45-85-65(49-21-16-14-17-22-49,50-23-27-54(79-5)28-24-50)51-25-29-55(80-6)30-26-51)71-34-31-58(73)70(64(71)78)33-18-13-11-12-15-20-48-36-52(39-68(41-60(74)81-7)42-61(75)82-8)67-53(37-48)40-69(43-62(76)83-9)44-63(77)84-10/h14,16-17,21-31,34,36-37,46-47,56-57,59H,11-13,18-19,33,35,38-45H2,1-10H3/t56-,57-,59-,89?/m1/s1. The first-order valence-electron chi connectivity index (χ1n) is 29.3. The van der Waals surface area contributed by atoms with Gasteiger partial charge in [0.25, 0.3) is 14.1 Å². The van der Waals surface area contributed by atoms with E-state index in [1.807, 2.05) is 78.9 Å². The zero-order valence-electron chi connectivity index (χ0n) is 52.4. The second-order valence-electron chi connectivity index (χ2n) is 21.4. The Morgan fingerprint density at radius 3 is 1.70 bits per heavy atom. The molecular formula is C65H82N7O16P. The monoisotopic (exact) mass is 1250 g/mol. The van der Waals surface area contributed by atoms with E-state index < -0.39 is 67.7 Å². The molecule has 1 unspecified atom stereocenters. The number of hydrogen-bond donors (Lipinski definition) is 0. The molecule has 5 aromatic rings. The van der Waals surface area contributed by atoms with Crippen molar-refractivity contribution in [3.05, 3.63) is 158 Å². The van der Waals surface area contributed by atoms with Crippen LogP contribution in [0.3, 0.4) is 0 Å². The molecule has 24 heteroatoms. The lowest BCUT2D eigenvalue weighted by molar-refractivity contribution is -0.147. The van der Waals surface area contributed by atoms with E-state index in [0.29, 0.717) is 54.1 Å². The van der Waals surface area contributed by atoms with Crippen molar-refractivity contribution in [2.45, 2.75) is 122 Å². The molecule has 478 valence electrons. The van der Waals surface area contributed by atoms with Crippen LogP contribution < -0.4 is 20.7 Å². The van der Waals surface area contributed by atoms with Gasteiger partial charge in [-0.15, -0.1) is 0 Å². The van der Waals surface area contributed by atoms with Crippen molar-refractivity contribution in [1.29, 1.82) is 5.26 Å². The lowest BCUT2D eigenvalue weighted by Gasteiger charge is -2.39. The van der Waals surface area contributed by atoms with E-state index >= 15 is 0 Å². The Labute approximate surface area is 521 Å². The summed E-state index contributed by atoms with van der Waals surface area (Å²) in [6.45, 7) is 7.46. The van der Waals surface area contributed by atoms with Crippen LogP contribution in [-0.4, -0.2) is 159 Å². The lowest BCUT2D eigenvalue weighted by atomic mass is 9.80. The molecule has 23 nitrogen and oxygen atoms in total. The molecule has 3 heterocycles. The average molecular weight is 1250 g/mol. The zero-order valence-corrected chi connectivity index (χ0v) is 53.3. The van der Waals surface area contributed by atoms with Gasteiger partial charge < -0.3 is 46.9 Å². The van der Waals surface area contributed by atoms with Crippen LogP contribution in [0.1, 0.15) is 106 Å². The third-order valence-corrected chi connectivity index (χ3v) is 16.7. The van der Waals surface area contributed by atoms with Gasteiger partial charge in [0.15, 0.2) is 0 Å². The number of methoxy groups -OCH3 is 6. The van der Waals surface area contributed by atoms with Gasteiger partial charge in [-0.1, -0.05) is 72.9 Å². The second kappa shape index (κ2) is 35.4. The quantitative estimate of drug-likeness (QED) is 0.00979. The number of hydrogen-bond acceptors (Lipinski definition) is 21. The van der Waals surface area contributed by atoms with Crippen molar-refractivity contribution < 1.29 is 66.1 Å². The Balaban J connectivity index is 1.26. The number of carbonyl (C=O) groups excluding carboxylic acids is 4. The van der Waals surface area contributed by atoms with Crippen LogP contribution in [-0.2, 0) is 81.9 Å². The van der Waals surface area contributed by atoms with Crippen LogP contribution in [0, 0.1) is 23.2 Å². The molecule has 6 rings (SSSR count). The number of aromatic nitrogens is 3. The molecule has 0 aliphatic carbocycles. The van der Waals surface area contributed by atoms with Crippen molar-refractivity contribution in [3.8, 4) is 29.4 Å². The summed E-state index contributed by atoms with van der Waals surface area (Å²) in [4.78, 5) is 85.3. The maximum Gasteiger partial charge on any atom is 0.333 e. The Morgan fingerprint density at radius 1 is 0.697 bits per heavy atom. The number of unbranched alkanes of at least 4 members (excludes halogenated alkanes) is 3. The Morgan fingerprint density at radius 2 is 1.21 bits per heavy atom. The predicted octanol–water partition coefficient (Wildman–Crippen LogP) is 7.29. The highest BCUT2D eigenvalue weighted by Crippen LogP contribution is 2.51. The smallest absolute Gasteiger partial charge is 0.333 e. The fraction of sp³-hybridized carbons (Fsp3) is 0.477. The summed E-state index contributed by atoms with van der Waals surface area (Å²) in [6, 6.07) is 32.2. The van der Waals surface area contributed by atoms with Crippen molar-refractivity contribution in [1.82, 2.24) is 28.6 Å². The van der Waals surface area contributed by atoms with Gasteiger partial charge in [0, 0.05) is 62.4 Å². The van der Waals surface area contributed by atoms with Gasteiger partial charge >= 0.3 is 29.6 Å². The first kappa shape index (κ1) is 70.3. The molecule has 0 radical (unpaired) electrons. The topological polar surface area (TPSA) is 251 Å². The summed E-state index contributed by atoms with van der Waals surface area (Å²) < 4.78 is 63.1. The molecule has 89 heavy (non-hydrogen) atoms. The van der Waals surface area contributed by atoms with Gasteiger partial charge in [0.2, 0.25) is 0 Å². The van der Waals surface area contributed by atoms with Gasteiger partial charge in [-0.05, 0) is 93.6 Å². The van der Waals surface area contributed by atoms with E-state index in [1.54, 1.807) is 26.4 Å². The van der Waals surface area contributed by atoms with E-state index in [0.717, 1.165) is 16.7 Å². The van der Waals surface area contributed by atoms with Gasteiger partial charge in [-0.3, -0.25) is 47.9 Å². The minimum absolute atomic E-state index is 0.0118. The third-order valence-electron chi connectivity index (χ3n) is 14.6. The van der Waals surface area contributed by atoms with E-state index in [4.69, 9.17) is 51.9 Å². The average Bonchev–Trinajstić information content (AvgIpc) is 1.62. The molecule has 1 saturated heterocycles. The fourth-order valence-corrected chi connectivity index (χ4v) is 12.0. The molecule has 2 aromatic heterocycles. The van der Waals surface area contributed by atoms with Crippen molar-refractivity contribution >= 4 is 32.4 Å². The van der Waals surface area contributed by atoms with E-state index in [-0.39, 0.29) is 84.0 Å². The molecule has 1 aliphatic rings. The minimum atomic E-state index is -1.79. The minimum Gasteiger partial charge on any atom is -0.497 e. The zero-order chi connectivity index (χ0) is 64.5. The van der Waals surface area contributed by atoms with Gasteiger partial charge in [0.1, 0.15) is 29.4 Å². The van der Waals surface area contributed by atoms with Crippen LogP contribution in [0.4, 0.5) is 0 Å². The van der Waals surface area contributed by atoms with E-state index in [9.17, 15) is 34.0 Å². The van der Waals surface area contributed by atoms with Crippen LogP contribution in [0.25, 0.3) is 0 Å². The molecule has 0 spiro atoms. The molecule has 0 amide bonds. The van der Waals surface area contributed by atoms with Gasteiger partial charge in [0.05, 0.1) is 112 Å². The van der Waals surface area contributed by atoms with Crippen LogP contribution >= 0.6 is 8.53 Å². The van der Waals surface area contributed by atoms with Gasteiger partial charge in [-0.2, -0.15) is 5.26 Å². The summed E-state index contributed by atoms with van der Waals surface area (Å²) in [7, 11) is 6.38. The molecule has 3 aromatic carbocycles. The van der Waals surface area contributed by atoms with Crippen LogP contribution in [0.2, 0.25) is 0 Å². The molecular weight excluding hydrogens is 1170 g/mol. The number of nitrogens with zero attached hydrogens (tertiary/aromatic N) is 7. The normalized spacial score (nSPS) is 15.1. The summed E-state index contributed by atoms with van der Waals surface area (Å²) in [5.41, 5.74) is 1.57. The van der Waals surface area contributed by atoms with Crippen LogP contribution in [0.5, 0.6) is 11.5 Å². The fourth-order valence-electron chi connectivity index (χ4n) is 10.3. The highest BCUT2D eigenvalue weighted by Gasteiger charge is 2.45. The number of esters is 4. The maximum absolute atomic E-state index is 14.6. The van der Waals surface area contributed by atoms with E-state index in [2.05, 4.69) is 50.3 Å². The molecule has 0 saturated carbocycles. The van der Waals surface area contributed by atoms with Crippen molar-refractivity contribution in [2.24, 2.45) is 0 Å². The Kier molecular flexibility index (Phi) is 27.9. The number of rotatable bonds is 34. The van der Waals surface area contributed by atoms with Crippen molar-refractivity contribution in [2.75, 3.05) is 82.1 Å². The Hall–Kier alpha value is -7.83. The Bertz CT molecular complexity index is 3170. The molecule has 1 aliphatic heterocycles. The summed E-state index contributed by atoms with van der Waals surface area (Å²) >= 11 is 0. The number of benzene rings is 3. The number of carbonyl (C=O) groups is 4. The molecule has 0 bridgehead atoms. The summed E-state index contributed by atoms with van der Waals surface area (Å²) in [6.07, 6.45) is 1.47. The number of pyridine rings is 1. The lowest BCUT2D eigenvalue weighted by Crippen LogP contribution is -2.41. The summed E-state index contributed by atoms with van der Waals surface area (Å²) in [5.74, 6) is 5.35. The maximum atomic E-state index is 14.6.